The zero-order valence-electron chi connectivity index (χ0n) is 23.1. The molecule has 10 heteroatoms. The number of nitrogen functional groups attached to an aromatic ring is 1. The van der Waals surface area contributed by atoms with Crippen LogP contribution in [0.2, 0.25) is 0 Å². The summed E-state index contributed by atoms with van der Waals surface area (Å²) in [6.45, 7) is 2.47. The number of hydrogen-bond donors (Lipinski definition) is 1. The van der Waals surface area contributed by atoms with E-state index in [1.54, 1.807) is 31.6 Å². The van der Waals surface area contributed by atoms with E-state index in [1.807, 2.05) is 40.6 Å². The summed E-state index contributed by atoms with van der Waals surface area (Å²) in [7, 11) is 1.58. The number of methoxy groups -OCH3 is 1. The van der Waals surface area contributed by atoms with Gasteiger partial charge in [0.05, 0.1) is 19.6 Å². The van der Waals surface area contributed by atoms with Crippen LogP contribution in [0.4, 0.5) is 10.6 Å². The SMILES string of the molecule is COc1cc(C(=O)Cc2cc(C3CC3)ccn2)ccc1-c1nc([C@@H]2CC[C@H]3[C@@H](C)OC(=O)N3C2)n2ccnc(N)c12. The number of benzene rings is 1. The van der Waals surface area contributed by atoms with Gasteiger partial charge in [-0.25, -0.2) is 14.8 Å². The Morgan fingerprint density at radius 3 is 2.73 bits per heavy atom. The highest BCUT2D eigenvalue weighted by molar-refractivity contribution is 5.99. The highest BCUT2D eigenvalue weighted by Gasteiger charge is 2.44. The van der Waals surface area contributed by atoms with Crippen LogP contribution in [0.5, 0.6) is 5.75 Å². The van der Waals surface area contributed by atoms with Gasteiger partial charge in [0.15, 0.2) is 5.78 Å². The quantitative estimate of drug-likeness (QED) is 0.325. The van der Waals surface area contributed by atoms with Crippen LogP contribution >= 0.6 is 0 Å². The molecule has 0 unspecified atom stereocenters. The number of nitrogens with zero attached hydrogens (tertiary/aromatic N) is 5. The minimum atomic E-state index is -0.272. The third-order valence-electron chi connectivity index (χ3n) is 8.68. The number of amides is 1. The Bertz CT molecular complexity index is 1680. The third kappa shape index (κ3) is 4.47. The predicted molar refractivity (Wildman–Crippen MR) is 152 cm³/mol. The lowest BCUT2D eigenvalue weighted by Gasteiger charge is -2.33. The molecule has 210 valence electrons. The normalized spacial score (nSPS) is 22.0. The van der Waals surface area contributed by atoms with Gasteiger partial charge < -0.3 is 20.1 Å². The van der Waals surface area contributed by atoms with Crippen molar-refractivity contribution in [1.82, 2.24) is 24.3 Å². The van der Waals surface area contributed by atoms with Crippen LogP contribution in [0.3, 0.4) is 0 Å². The molecule has 5 heterocycles. The van der Waals surface area contributed by atoms with Crippen molar-refractivity contribution in [3.63, 3.8) is 0 Å². The molecule has 2 aliphatic heterocycles. The smallest absolute Gasteiger partial charge is 0.410 e. The van der Waals surface area contributed by atoms with Gasteiger partial charge in [-0.1, -0.05) is 6.07 Å². The standard InChI is InChI=1S/C31H32N6O4/c1-17-24-8-6-21(16-37(24)31(39)41-17)30-35-27(28-29(32)34-11-12-36(28)30)23-7-5-20(14-26(23)40-2)25(38)15-22-13-19(9-10-33-22)18-3-4-18/h5,7,9-14,17-18,21,24H,3-4,6,8,15-16H2,1-2H3,(H2,32,34)/t17-,21-,24+/m1/s1. The number of carbonyl (C=O) groups excluding carboxylic acids is 2. The summed E-state index contributed by atoms with van der Waals surface area (Å²) in [6.07, 6.45) is 9.23. The second kappa shape index (κ2) is 9.87. The first kappa shape index (κ1) is 25.5. The molecule has 7 rings (SSSR count). The number of ketones is 1. The predicted octanol–water partition coefficient (Wildman–Crippen LogP) is 4.77. The largest absolute Gasteiger partial charge is 0.496 e. The highest BCUT2D eigenvalue weighted by atomic mass is 16.6. The molecule has 0 spiro atoms. The summed E-state index contributed by atoms with van der Waals surface area (Å²) in [5.74, 6) is 2.23. The van der Waals surface area contributed by atoms with Crippen LogP contribution in [-0.4, -0.2) is 61.9 Å². The summed E-state index contributed by atoms with van der Waals surface area (Å²) < 4.78 is 13.2. The Balaban J connectivity index is 1.22. The van der Waals surface area contributed by atoms with E-state index in [-0.39, 0.29) is 36.4 Å². The Hall–Kier alpha value is -4.47. The van der Waals surface area contributed by atoms with E-state index in [4.69, 9.17) is 20.2 Å². The molecular formula is C31H32N6O4. The number of fused-ring (bicyclic) bond motifs is 2. The van der Waals surface area contributed by atoms with Crippen LogP contribution in [0.25, 0.3) is 16.8 Å². The van der Waals surface area contributed by atoms with Crippen molar-refractivity contribution in [2.24, 2.45) is 0 Å². The second-order valence-electron chi connectivity index (χ2n) is 11.3. The molecule has 2 N–H and O–H groups in total. The van der Waals surface area contributed by atoms with Gasteiger partial charge in [-0.2, -0.15) is 0 Å². The van der Waals surface area contributed by atoms with Gasteiger partial charge in [0.2, 0.25) is 0 Å². The molecule has 1 saturated carbocycles. The lowest BCUT2D eigenvalue weighted by molar-refractivity contribution is 0.0991. The zero-order valence-corrected chi connectivity index (χ0v) is 23.1. The molecule has 1 aromatic carbocycles. The maximum absolute atomic E-state index is 13.3. The minimum Gasteiger partial charge on any atom is -0.496 e. The van der Waals surface area contributed by atoms with E-state index in [0.29, 0.717) is 46.4 Å². The van der Waals surface area contributed by atoms with Gasteiger partial charge >= 0.3 is 6.09 Å². The molecule has 4 aromatic rings. The summed E-state index contributed by atoms with van der Waals surface area (Å²) in [4.78, 5) is 41.4. The van der Waals surface area contributed by atoms with Crippen LogP contribution in [0.1, 0.15) is 71.9 Å². The molecular weight excluding hydrogens is 520 g/mol. The van der Waals surface area contributed by atoms with Crippen molar-refractivity contribution in [3.8, 4) is 17.0 Å². The number of pyridine rings is 1. The van der Waals surface area contributed by atoms with Crippen molar-refractivity contribution >= 4 is 23.2 Å². The lowest BCUT2D eigenvalue weighted by atomic mass is 9.91. The average Bonchev–Trinajstić information content (AvgIpc) is 3.71. The van der Waals surface area contributed by atoms with Crippen molar-refractivity contribution < 1.29 is 19.1 Å². The molecule has 3 aromatic heterocycles. The molecule has 41 heavy (non-hydrogen) atoms. The number of Topliss-reactive ketones (excluding diaryl/α,β-unsaturated/α-hetero) is 1. The van der Waals surface area contributed by atoms with Crippen molar-refractivity contribution in [2.45, 2.75) is 63.0 Å². The molecule has 0 radical (unpaired) electrons. The first-order valence-electron chi connectivity index (χ1n) is 14.2. The van der Waals surface area contributed by atoms with E-state index < -0.39 is 0 Å². The molecule has 2 saturated heterocycles. The Kier molecular flexibility index (Phi) is 6.13. The molecule has 0 bridgehead atoms. The van der Waals surface area contributed by atoms with E-state index in [9.17, 15) is 9.59 Å². The summed E-state index contributed by atoms with van der Waals surface area (Å²) in [5, 5.41) is 0. The van der Waals surface area contributed by atoms with Gasteiger partial charge in [-0.05, 0) is 68.4 Å². The second-order valence-corrected chi connectivity index (χ2v) is 11.3. The van der Waals surface area contributed by atoms with Gasteiger partial charge in [0.1, 0.15) is 34.7 Å². The highest BCUT2D eigenvalue weighted by Crippen LogP contribution is 2.41. The number of imidazole rings is 1. The maximum atomic E-state index is 13.3. The van der Waals surface area contributed by atoms with E-state index in [1.165, 1.54) is 18.4 Å². The Morgan fingerprint density at radius 2 is 1.93 bits per heavy atom. The Morgan fingerprint density at radius 1 is 1.10 bits per heavy atom. The van der Waals surface area contributed by atoms with Crippen molar-refractivity contribution in [3.05, 3.63) is 71.6 Å². The van der Waals surface area contributed by atoms with E-state index in [2.05, 4.69) is 9.97 Å². The van der Waals surface area contributed by atoms with Gasteiger partial charge in [-0.3, -0.25) is 14.2 Å². The number of hydrogen-bond acceptors (Lipinski definition) is 8. The molecule has 10 nitrogen and oxygen atoms in total. The molecule has 3 atom stereocenters. The topological polar surface area (TPSA) is 125 Å². The van der Waals surface area contributed by atoms with Crippen molar-refractivity contribution in [1.29, 1.82) is 0 Å². The number of piperidine rings is 1. The van der Waals surface area contributed by atoms with Gasteiger partial charge in [0, 0.05) is 47.9 Å². The number of aromatic nitrogens is 4. The number of carbonyl (C=O) groups is 2. The fourth-order valence-corrected chi connectivity index (χ4v) is 6.36. The average molecular weight is 553 g/mol. The Labute approximate surface area is 237 Å². The summed E-state index contributed by atoms with van der Waals surface area (Å²) >= 11 is 0. The van der Waals surface area contributed by atoms with E-state index in [0.717, 1.165) is 24.4 Å². The number of anilines is 1. The lowest BCUT2D eigenvalue weighted by Crippen LogP contribution is -2.43. The molecule has 3 fully saturated rings. The third-order valence-corrected chi connectivity index (χ3v) is 8.68. The maximum Gasteiger partial charge on any atom is 0.410 e. The van der Waals surface area contributed by atoms with Crippen LogP contribution in [0, 0.1) is 0 Å². The number of cyclic esters (lactones) is 1. The van der Waals surface area contributed by atoms with Crippen LogP contribution < -0.4 is 10.5 Å². The van der Waals surface area contributed by atoms with Gasteiger partial charge in [0.25, 0.3) is 0 Å². The summed E-state index contributed by atoms with van der Waals surface area (Å²) in [6, 6.07) is 9.59. The monoisotopic (exact) mass is 552 g/mol. The first-order chi connectivity index (χ1) is 19.9. The molecule has 1 aliphatic carbocycles. The number of nitrogens with two attached hydrogens (primary N) is 1. The van der Waals surface area contributed by atoms with Crippen molar-refractivity contribution in [2.75, 3.05) is 19.4 Å². The van der Waals surface area contributed by atoms with E-state index >= 15 is 0 Å². The molecule has 3 aliphatic rings. The van der Waals surface area contributed by atoms with Crippen LogP contribution in [-0.2, 0) is 11.2 Å². The minimum absolute atomic E-state index is 0.00195. The fraction of sp³-hybridized carbons (Fsp3) is 0.387. The van der Waals surface area contributed by atoms with Gasteiger partial charge in [-0.15, -0.1) is 0 Å². The van der Waals surface area contributed by atoms with Crippen LogP contribution in [0.15, 0.2) is 48.9 Å². The fourth-order valence-electron chi connectivity index (χ4n) is 6.36. The number of rotatable bonds is 7. The number of ether oxygens (including phenoxy) is 2. The molecule has 1 amide bonds. The summed E-state index contributed by atoms with van der Waals surface area (Å²) in [5.41, 5.74) is 11.0. The first-order valence-corrected chi connectivity index (χ1v) is 14.2. The zero-order chi connectivity index (χ0) is 28.2.